The van der Waals surface area contributed by atoms with E-state index in [0.717, 1.165) is 15.4 Å². The van der Waals surface area contributed by atoms with Gasteiger partial charge in [0.2, 0.25) is 11.8 Å². The molecule has 1 N–H and O–H groups in total. The van der Waals surface area contributed by atoms with E-state index in [4.69, 9.17) is 23.2 Å². The normalized spacial score (nSPS) is 12.1. The van der Waals surface area contributed by atoms with Gasteiger partial charge < -0.3 is 10.2 Å². The third-order valence-corrected chi connectivity index (χ3v) is 8.91. The van der Waals surface area contributed by atoms with Crippen LogP contribution >= 0.6 is 23.2 Å². The Morgan fingerprint density at radius 3 is 2.10 bits per heavy atom. The van der Waals surface area contributed by atoms with Crippen molar-refractivity contribution >= 4 is 50.7 Å². The van der Waals surface area contributed by atoms with E-state index < -0.39 is 28.5 Å². The molecule has 2 amide bonds. The zero-order chi connectivity index (χ0) is 28.9. The first-order valence-corrected chi connectivity index (χ1v) is 14.7. The van der Waals surface area contributed by atoms with E-state index in [0.29, 0.717) is 33.4 Å². The Balaban J connectivity index is 2.11. The Morgan fingerprint density at radius 1 is 0.923 bits per heavy atom. The largest absolute Gasteiger partial charge is 0.355 e. The molecule has 1 atom stereocenters. The summed E-state index contributed by atoms with van der Waals surface area (Å²) in [5.41, 5.74) is 3.27. The number of likely N-dealkylation sites (N-methyl/N-ethyl adjacent to an activating group) is 1. The fourth-order valence-corrected chi connectivity index (χ4v) is 6.08. The van der Waals surface area contributed by atoms with Crippen molar-refractivity contribution in [3.05, 3.63) is 93.0 Å². The molecule has 0 heterocycles. The van der Waals surface area contributed by atoms with Crippen molar-refractivity contribution in [1.82, 2.24) is 10.2 Å². The zero-order valence-corrected chi connectivity index (χ0v) is 25.0. The number of hydrogen-bond acceptors (Lipinski definition) is 4. The Labute approximate surface area is 240 Å². The quantitative estimate of drug-likeness (QED) is 0.330. The van der Waals surface area contributed by atoms with Crippen LogP contribution in [0, 0.1) is 20.8 Å². The Kier molecular flexibility index (Phi) is 10.0. The molecule has 3 rings (SSSR count). The summed E-state index contributed by atoms with van der Waals surface area (Å²) >= 11 is 12.8. The van der Waals surface area contributed by atoms with E-state index in [9.17, 15) is 18.0 Å². The summed E-state index contributed by atoms with van der Waals surface area (Å²) in [4.78, 5) is 28.2. The van der Waals surface area contributed by atoms with Crippen molar-refractivity contribution in [3.8, 4) is 0 Å². The van der Waals surface area contributed by atoms with E-state index in [-0.39, 0.29) is 17.3 Å². The summed E-state index contributed by atoms with van der Waals surface area (Å²) in [5, 5.41) is 3.40. The van der Waals surface area contributed by atoms with Gasteiger partial charge in [-0.25, -0.2) is 8.42 Å². The highest BCUT2D eigenvalue weighted by Crippen LogP contribution is 2.30. The number of sulfonamides is 1. The van der Waals surface area contributed by atoms with Gasteiger partial charge in [0, 0.05) is 28.7 Å². The minimum absolute atomic E-state index is 0.0549. The van der Waals surface area contributed by atoms with Crippen LogP contribution in [-0.2, 0) is 26.2 Å². The number of aryl methyl sites for hydroxylation is 3. The molecule has 0 aromatic heterocycles. The predicted molar refractivity (Wildman–Crippen MR) is 157 cm³/mol. The van der Waals surface area contributed by atoms with Crippen LogP contribution in [0.4, 0.5) is 5.69 Å². The monoisotopic (exact) mass is 589 g/mol. The van der Waals surface area contributed by atoms with Gasteiger partial charge in [-0.1, -0.05) is 59.1 Å². The maximum absolute atomic E-state index is 14.0. The van der Waals surface area contributed by atoms with Crippen LogP contribution < -0.4 is 9.62 Å². The average molecular weight is 591 g/mol. The molecule has 0 aliphatic carbocycles. The molecule has 10 heteroatoms. The molecule has 0 fully saturated rings. The number of carbonyl (C=O) groups excluding carboxylic acids is 2. The molecular weight excluding hydrogens is 557 g/mol. The van der Waals surface area contributed by atoms with E-state index in [1.807, 2.05) is 26.0 Å². The van der Waals surface area contributed by atoms with Crippen molar-refractivity contribution in [3.63, 3.8) is 0 Å². The van der Waals surface area contributed by atoms with Crippen LogP contribution in [0.3, 0.4) is 0 Å². The van der Waals surface area contributed by atoms with E-state index in [2.05, 4.69) is 5.32 Å². The fraction of sp³-hybridized carbons (Fsp3) is 0.310. The number of halogens is 2. The smallest absolute Gasteiger partial charge is 0.264 e. The number of benzene rings is 3. The highest BCUT2D eigenvalue weighted by Gasteiger charge is 2.33. The van der Waals surface area contributed by atoms with Gasteiger partial charge in [0.1, 0.15) is 12.6 Å². The minimum Gasteiger partial charge on any atom is -0.355 e. The van der Waals surface area contributed by atoms with Crippen molar-refractivity contribution in [2.75, 3.05) is 17.4 Å². The van der Waals surface area contributed by atoms with E-state index in [1.54, 1.807) is 57.2 Å². The number of nitrogens with one attached hydrogen (secondary N) is 1. The molecule has 208 valence electrons. The Bertz CT molecular complexity index is 1440. The van der Waals surface area contributed by atoms with Crippen molar-refractivity contribution < 1.29 is 18.0 Å². The summed E-state index contributed by atoms with van der Waals surface area (Å²) < 4.78 is 29.0. The third-order valence-electron chi connectivity index (χ3n) is 6.43. The summed E-state index contributed by atoms with van der Waals surface area (Å²) in [6.45, 7) is 8.62. The molecule has 1 unspecified atom stereocenters. The lowest BCUT2D eigenvalue weighted by atomic mass is 10.1. The first-order valence-electron chi connectivity index (χ1n) is 12.5. The van der Waals surface area contributed by atoms with Gasteiger partial charge in [-0.3, -0.25) is 13.9 Å². The fourth-order valence-electron chi connectivity index (χ4n) is 4.10. The molecule has 0 saturated heterocycles. The Hall–Kier alpha value is -3.07. The molecule has 0 saturated carbocycles. The number of anilines is 1. The summed E-state index contributed by atoms with van der Waals surface area (Å²) in [5.74, 6) is -0.963. The molecule has 39 heavy (non-hydrogen) atoms. The number of hydrogen-bond donors (Lipinski definition) is 1. The van der Waals surface area contributed by atoms with Crippen molar-refractivity contribution in [2.45, 2.75) is 52.1 Å². The van der Waals surface area contributed by atoms with E-state index in [1.165, 1.54) is 17.0 Å². The maximum atomic E-state index is 14.0. The molecule has 0 radical (unpaired) electrons. The van der Waals surface area contributed by atoms with Crippen molar-refractivity contribution in [2.24, 2.45) is 0 Å². The van der Waals surface area contributed by atoms with Gasteiger partial charge in [-0.2, -0.15) is 0 Å². The lowest BCUT2D eigenvalue weighted by Gasteiger charge is -2.32. The molecular formula is C29H33Cl2N3O4S. The number of amides is 2. The second kappa shape index (κ2) is 12.9. The van der Waals surface area contributed by atoms with Gasteiger partial charge in [0.15, 0.2) is 0 Å². The maximum Gasteiger partial charge on any atom is 0.264 e. The van der Waals surface area contributed by atoms with Crippen LogP contribution in [-0.4, -0.2) is 44.3 Å². The molecule has 0 aliphatic rings. The third kappa shape index (κ3) is 7.12. The van der Waals surface area contributed by atoms with Crippen LogP contribution in [0.2, 0.25) is 10.0 Å². The standard InChI is InChI=1S/C29H33Cl2N3O4S/c1-6-32-29(36)22(5)33(17-24-25(30)8-7-9-26(24)31)28(35)18-34(27-16-20(3)10-13-21(27)4)39(37,38)23-14-11-19(2)12-15-23/h7-16,22H,6,17-18H2,1-5H3,(H,32,36). The van der Waals surface area contributed by atoms with Gasteiger partial charge in [0.05, 0.1) is 10.6 Å². The lowest BCUT2D eigenvalue weighted by molar-refractivity contribution is -0.139. The van der Waals surface area contributed by atoms with Crippen LogP contribution in [0.15, 0.2) is 65.6 Å². The molecule has 0 bridgehead atoms. The second-order valence-electron chi connectivity index (χ2n) is 9.41. The summed E-state index contributed by atoms with van der Waals surface area (Å²) in [6.07, 6.45) is 0. The van der Waals surface area contributed by atoms with Gasteiger partial charge in [-0.15, -0.1) is 0 Å². The predicted octanol–water partition coefficient (Wildman–Crippen LogP) is 5.67. The number of rotatable bonds is 10. The van der Waals surface area contributed by atoms with Gasteiger partial charge in [0.25, 0.3) is 10.0 Å². The van der Waals surface area contributed by atoms with E-state index >= 15 is 0 Å². The lowest BCUT2D eigenvalue weighted by Crippen LogP contribution is -2.51. The zero-order valence-electron chi connectivity index (χ0n) is 22.7. The molecule has 3 aromatic carbocycles. The highest BCUT2D eigenvalue weighted by atomic mass is 35.5. The average Bonchev–Trinajstić information content (AvgIpc) is 2.88. The molecule has 0 aliphatic heterocycles. The summed E-state index contributed by atoms with van der Waals surface area (Å²) in [7, 11) is -4.15. The molecule has 0 spiro atoms. The number of nitrogens with zero attached hydrogens (tertiary/aromatic N) is 2. The first kappa shape index (κ1) is 30.5. The van der Waals surface area contributed by atoms with Crippen LogP contribution in [0.1, 0.15) is 36.1 Å². The second-order valence-corrected chi connectivity index (χ2v) is 12.1. The highest BCUT2D eigenvalue weighted by molar-refractivity contribution is 7.92. The molecule has 3 aromatic rings. The SMILES string of the molecule is CCNC(=O)C(C)N(Cc1c(Cl)cccc1Cl)C(=O)CN(c1cc(C)ccc1C)S(=O)(=O)c1ccc(C)cc1. The number of carbonyl (C=O) groups is 2. The van der Waals surface area contributed by atoms with Crippen LogP contribution in [0.25, 0.3) is 0 Å². The van der Waals surface area contributed by atoms with Gasteiger partial charge in [-0.05, 0) is 76.1 Å². The first-order chi connectivity index (χ1) is 18.4. The topological polar surface area (TPSA) is 86.8 Å². The Morgan fingerprint density at radius 2 is 1.51 bits per heavy atom. The minimum atomic E-state index is -4.15. The van der Waals surface area contributed by atoms with Gasteiger partial charge >= 0.3 is 0 Å². The molecule has 7 nitrogen and oxygen atoms in total. The van der Waals surface area contributed by atoms with Crippen molar-refractivity contribution in [1.29, 1.82) is 0 Å². The summed E-state index contributed by atoms with van der Waals surface area (Å²) in [6, 6.07) is 15.9. The van der Waals surface area contributed by atoms with Crippen LogP contribution in [0.5, 0.6) is 0 Å².